The van der Waals surface area contributed by atoms with Gasteiger partial charge in [0.15, 0.2) is 0 Å². The Balaban J connectivity index is 2.44. The van der Waals surface area contributed by atoms with Gasteiger partial charge in [-0.2, -0.15) is 0 Å². The van der Waals surface area contributed by atoms with Gasteiger partial charge in [-0.3, -0.25) is 4.79 Å². The summed E-state index contributed by atoms with van der Waals surface area (Å²) in [4.78, 5) is 13.7. The van der Waals surface area contributed by atoms with Crippen molar-refractivity contribution in [3.8, 4) is 16.9 Å². The van der Waals surface area contributed by atoms with Gasteiger partial charge in [0.1, 0.15) is 5.75 Å². The molecule has 0 aliphatic rings. The van der Waals surface area contributed by atoms with Gasteiger partial charge in [0.25, 0.3) is 5.91 Å². The summed E-state index contributed by atoms with van der Waals surface area (Å²) in [6.45, 7) is 6.22. The minimum atomic E-state index is -0.667. The molecule has 0 saturated heterocycles. The summed E-state index contributed by atoms with van der Waals surface area (Å²) >= 11 is 6.46. The van der Waals surface area contributed by atoms with E-state index in [2.05, 4.69) is 18.7 Å². The SMILES string of the molecule is CCCN(CCC)c1ccc(-c2cccc(C(N)=O)c2O)c(Cl)c1. The van der Waals surface area contributed by atoms with Gasteiger partial charge in [-0.15, -0.1) is 0 Å². The van der Waals surface area contributed by atoms with Gasteiger partial charge in [-0.25, -0.2) is 0 Å². The zero-order valence-electron chi connectivity index (χ0n) is 14.1. The van der Waals surface area contributed by atoms with Crippen molar-refractivity contribution in [3.63, 3.8) is 0 Å². The maximum absolute atomic E-state index is 11.4. The summed E-state index contributed by atoms with van der Waals surface area (Å²) in [5.74, 6) is -0.808. The molecule has 0 heterocycles. The minimum Gasteiger partial charge on any atom is -0.506 e. The molecule has 24 heavy (non-hydrogen) atoms. The van der Waals surface area contributed by atoms with Crippen molar-refractivity contribution in [1.82, 2.24) is 0 Å². The number of hydrogen-bond acceptors (Lipinski definition) is 3. The van der Waals surface area contributed by atoms with E-state index in [9.17, 15) is 9.90 Å². The number of carbonyl (C=O) groups is 1. The second kappa shape index (κ2) is 8.06. The number of primary amides is 1. The molecule has 0 bridgehead atoms. The first-order valence-corrected chi connectivity index (χ1v) is 8.54. The van der Waals surface area contributed by atoms with Crippen LogP contribution in [0, 0.1) is 0 Å². The van der Waals surface area contributed by atoms with Crippen LogP contribution in [0.25, 0.3) is 11.1 Å². The maximum atomic E-state index is 11.4. The Labute approximate surface area is 147 Å². The number of benzene rings is 2. The van der Waals surface area contributed by atoms with E-state index in [0.717, 1.165) is 31.6 Å². The molecule has 0 aliphatic heterocycles. The average molecular weight is 347 g/mol. The van der Waals surface area contributed by atoms with Crippen molar-refractivity contribution in [2.24, 2.45) is 5.73 Å². The molecule has 0 radical (unpaired) electrons. The minimum absolute atomic E-state index is 0.0891. The highest BCUT2D eigenvalue weighted by molar-refractivity contribution is 6.33. The Morgan fingerprint density at radius 1 is 1.12 bits per heavy atom. The van der Waals surface area contributed by atoms with Crippen molar-refractivity contribution in [3.05, 3.63) is 47.0 Å². The van der Waals surface area contributed by atoms with Crippen LogP contribution in [-0.4, -0.2) is 24.1 Å². The molecule has 0 aromatic heterocycles. The van der Waals surface area contributed by atoms with Crippen LogP contribution in [0.5, 0.6) is 5.75 Å². The molecular weight excluding hydrogens is 324 g/mol. The van der Waals surface area contributed by atoms with Crippen LogP contribution >= 0.6 is 11.6 Å². The lowest BCUT2D eigenvalue weighted by Gasteiger charge is -2.24. The lowest BCUT2D eigenvalue weighted by atomic mass is 10.0. The second-order valence-corrected chi connectivity index (χ2v) is 6.12. The van der Waals surface area contributed by atoms with Crippen LogP contribution in [-0.2, 0) is 0 Å². The van der Waals surface area contributed by atoms with Crippen molar-refractivity contribution < 1.29 is 9.90 Å². The summed E-state index contributed by atoms with van der Waals surface area (Å²) in [5.41, 5.74) is 7.61. The number of nitrogens with two attached hydrogens (primary N) is 1. The predicted octanol–water partition coefficient (Wildman–Crippen LogP) is 4.44. The molecule has 0 aliphatic carbocycles. The van der Waals surface area contributed by atoms with Crippen LogP contribution in [0.4, 0.5) is 5.69 Å². The summed E-state index contributed by atoms with van der Waals surface area (Å²) in [6, 6.07) is 10.7. The van der Waals surface area contributed by atoms with Gasteiger partial charge in [0, 0.05) is 29.9 Å². The Morgan fingerprint density at radius 3 is 2.33 bits per heavy atom. The monoisotopic (exact) mass is 346 g/mol. The van der Waals surface area contributed by atoms with E-state index in [0.29, 0.717) is 16.1 Å². The summed E-state index contributed by atoms with van der Waals surface area (Å²) in [5, 5.41) is 10.8. The molecular formula is C19H23ClN2O2. The zero-order valence-corrected chi connectivity index (χ0v) is 14.8. The number of halogens is 1. The molecule has 2 aromatic carbocycles. The maximum Gasteiger partial charge on any atom is 0.252 e. The molecule has 1 amide bonds. The third-order valence-corrected chi connectivity index (χ3v) is 4.21. The standard InChI is InChI=1S/C19H23ClN2O2/c1-3-10-22(11-4-2)13-8-9-14(17(20)12-13)15-6-5-7-16(18(15)23)19(21)24/h5-9,12,23H,3-4,10-11H2,1-2H3,(H2,21,24). The fraction of sp³-hybridized carbons (Fsp3) is 0.316. The predicted molar refractivity (Wildman–Crippen MR) is 99.9 cm³/mol. The number of hydrogen-bond donors (Lipinski definition) is 2. The van der Waals surface area contributed by atoms with Crippen molar-refractivity contribution >= 4 is 23.2 Å². The number of para-hydroxylation sites is 1. The van der Waals surface area contributed by atoms with Gasteiger partial charge in [-0.05, 0) is 31.0 Å². The quantitative estimate of drug-likeness (QED) is 0.778. The highest BCUT2D eigenvalue weighted by atomic mass is 35.5. The largest absolute Gasteiger partial charge is 0.506 e. The number of nitrogens with zero attached hydrogens (tertiary/aromatic N) is 1. The number of aromatic hydroxyl groups is 1. The van der Waals surface area contributed by atoms with E-state index in [1.165, 1.54) is 6.07 Å². The number of phenols is 1. The fourth-order valence-corrected chi connectivity index (χ4v) is 3.07. The first-order chi connectivity index (χ1) is 11.5. The van der Waals surface area contributed by atoms with Crippen molar-refractivity contribution in [2.75, 3.05) is 18.0 Å². The molecule has 128 valence electrons. The third-order valence-electron chi connectivity index (χ3n) is 3.90. The van der Waals surface area contributed by atoms with E-state index in [-0.39, 0.29) is 11.3 Å². The molecule has 2 aromatic rings. The molecule has 2 rings (SSSR count). The fourth-order valence-electron chi connectivity index (χ4n) is 2.79. The van der Waals surface area contributed by atoms with Crippen LogP contribution in [0.1, 0.15) is 37.0 Å². The highest BCUT2D eigenvalue weighted by Gasteiger charge is 2.16. The highest BCUT2D eigenvalue weighted by Crippen LogP contribution is 2.38. The van der Waals surface area contributed by atoms with Gasteiger partial charge in [0.2, 0.25) is 0 Å². The van der Waals surface area contributed by atoms with Gasteiger partial charge < -0.3 is 15.7 Å². The lowest BCUT2D eigenvalue weighted by molar-refractivity contribution is 0.0998. The van der Waals surface area contributed by atoms with Crippen LogP contribution in [0.15, 0.2) is 36.4 Å². The molecule has 0 fully saturated rings. The van der Waals surface area contributed by atoms with E-state index in [1.807, 2.05) is 18.2 Å². The third kappa shape index (κ3) is 3.82. The summed E-state index contributed by atoms with van der Waals surface area (Å²) in [6.07, 6.45) is 2.11. The molecule has 0 unspecified atom stereocenters. The number of carbonyl (C=O) groups excluding carboxylic acids is 1. The second-order valence-electron chi connectivity index (χ2n) is 5.72. The van der Waals surface area contributed by atoms with Gasteiger partial charge in [-0.1, -0.05) is 43.6 Å². The number of anilines is 1. The van der Waals surface area contributed by atoms with E-state index < -0.39 is 5.91 Å². The Kier molecular flexibility index (Phi) is 6.10. The average Bonchev–Trinajstić information content (AvgIpc) is 2.55. The first-order valence-electron chi connectivity index (χ1n) is 8.16. The van der Waals surface area contributed by atoms with Crippen molar-refractivity contribution in [1.29, 1.82) is 0 Å². The van der Waals surface area contributed by atoms with Crippen LogP contribution in [0.3, 0.4) is 0 Å². The lowest BCUT2D eigenvalue weighted by Crippen LogP contribution is -2.24. The first kappa shape index (κ1) is 18.1. The van der Waals surface area contributed by atoms with E-state index in [4.69, 9.17) is 17.3 Å². The molecule has 0 saturated carbocycles. The Morgan fingerprint density at radius 2 is 1.79 bits per heavy atom. The molecule has 3 N–H and O–H groups in total. The summed E-state index contributed by atoms with van der Waals surface area (Å²) in [7, 11) is 0. The van der Waals surface area contributed by atoms with Crippen molar-refractivity contribution in [2.45, 2.75) is 26.7 Å². The molecule has 4 nitrogen and oxygen atoms in total. The van der Waals surface area contributed by atoms with Crippen LogP contribution < -0.4 is 10.6 Å². The van der Waals surface area contributed by atoms with Gasteiger partial charge in [0.05, 0.1) is 10.6 Å². The van der Waals surface area contributed by atoms with Gasteiger partial charge >= 0.3 is 0 Å². The number of rotatable bonds is 7. The zero-order chi connectivity index (χ0) is 17.7. The van der Waals surface area contributed by atoms with E-state index >= 15 is 0 Å². The Hall–Kier alpha value is -2.20. The molecule has 5 heteroatoms. The van der Waals surface area contributed by atoms with E-state index in [1.54, 1.807) is 12.1 Å². The summed E-state index contributed by atoms with van der Waals surface area (Å²) < 4.78 is 0. The number of amides is 1. The molecule has 0 atom stereocenters. The Bertz CT molecular complexity index is 725. The topological polar surface area (TPSA) is 66.6 Å². The van der Waals surface area contributed by atoms with Crippen LogP contribution in [0.2, 0.25) is 5.02 Å². The molecule has 0 spiro atoms. The normalized spacial score (nSPS) is 10.6. The smallest absolute Gasteiger partial charge is 0.252 e.